The van der Waals surface area contributed by atoms with E-state index in [4.69, 9.17) is 0 Å². The van der Waals surface area contributed by atoms with Gasteiger partial charge < -0.3 is 5.32 Å². The topological polar surface area (TPSA) is 12.0 Å². The Morgan fingerprint density at radius 1 is 1.29 bits per heavy atom. The van der Waals surface area contributed by atoms with E-state index in [1.807, 2.05) is 18.4 Å². The molecule has 0 saturated carbocycles. The fourth-order valence-corrected chi connectivity index (χ4v) is 0.406. The Balaban J connectivity index is 0.000000360. The van der Waals surface area contributed by atoms with Gasteiger partial charge in [-0.1, -0.05) is 12.2 Å². The molecule has 0 aromatic rings. The van der Waals surface area contributed by atoms with Crippen LogP contribution in [0.15, 0.2) is 24.4 Å². The van der Waals surface area contributed by atoms with Crippen LogP contribution in [0.5, 0.6) is 0 Å². The van der Waals surface area contributed by atoms with Crippen molar-refractivity contribution in [1.82, 2.24) is 5.32 Å². The number of rotatable bonds is 0. The molecule has 0 bridgehead atoms. The van der Waals surface area contributed by atoms with E-state index in [2.05, 4.69) is 11.4 Å². The second-order valence-corrected chi connectivity index (χ2v) is 1.20. The largest absolute Gasteiger partial charge is 0.387 e. The van der Waals surface area contributed by atoms with Crippen LogP contribution in [0.25, 0.3) is 0 Å². The average Bonchev–Trinajstić information content (AvgIpc) is 1.72. The molecule has 7 heavy (non-hydrogen) atoms. The monoisotopic (exact) mass is 104 g/mol. The predicted octanol–water partition coefficient (Wildman–Crippen LogP) is 0.279. The zero-order chi connectivity index (χ0) is 4.24. The molecule has 1 aliphatic rings. The van der Waals surface area contributed by atoms with Gasteiger partial charge in [0, 0.05) is 36.1 Å². The maximum absolute atomic E-state index is 3.02. The molecule has 0 spiro atoms. The molecular formula is C5H7NNa. The number of allylic oxidation sites excluding steroid dienone is 2. The van der Waals surface area contributed by atoms with Gasteiger partial charge in [0.2, 0.25) is 0 Å². The van der Waals surface area contributed by atoms with E-state index in [0.717, 1.165) is 6.54 Å². The van der Waals surface area contributed by atoms with Crippen molar-refractivity contribution in [3.63, 3.8) is 0 Å². The molecule has 0 atom stereocenters. The van der Waals surface area contributed by atoms with Crippen LogP contribution in [0.1, 0.15) is 0 Å². The maximum atomic E-state index is 3.02. The molecule has 0 aromatic heterocycles. The van der Waals surface area contributed by atoms with Crippen molar-refractivity contribution >= 4 is 29.6 Å². The smallest absolute Gasteiger partial charge is 0.0328 e. The molecule has 1 heterocycles. The minimum atomic E-state index is 0. The summed E-state index contributed by atoms with van der Waals surface area (Å²) in [6.45, 7) is 0.983. The van der Waals surface area contributed by atoms with Gasteiger partial charge in [-0.2, -0.15) is 0 Å². The molecule has 1 nitrogen and oxygen atoms in total. The van der Waals surface area contributed by atoms with Gasteiger partial charge in [0.05, 0.1) is 0 Å². The molecular weight excluding hydrogens is 97.1 g/mol. The van der Waals surface area contributed by atoms with Crippen LogP contribution >= 0.6 is 0 Å². The Labute approximate surface area is 65.8 Å². The molecule has 1 N–H and O–H groups in total. The van der Waals surface area contributed by atoms with Crippen molar-refractivity contribution in [2.45, 2.75) is 0 Å². The van der Waals surface area contributed by atoms with Gasteiger partial charge in [-0.15, -0.1) is 0 Å². The maximum Gasteiger partial charge on any atom is 0.0328 e. The Hall–Kier alpha value is 0.280. The second-order valence-electron chi connectivity index (χ2n) is 1.20. The minimum Gasteiger partial charge on any atom is -0.387 e. The first kappa shape index (κ1) is 7.28. The molecule has 1 aliphatic heterocycles. The molecule has 0 fully saturated rings. The van der Waals surface area contributed by atoms with Crippen molar-refractivity contribution in [2.24, 2.45) is 0 Å². The summed E-state index contributed by atoms with van der Waals surface area (Å²) >= 11 is 0. The Morgan fingerprint density at radius 3 is 2.29 bits per heavy atom. The molecule has 0 unspecified atom stereocenters. The SMILES string of the molecule is C1=CCNC=C1.[Na]. The van der Waals surface area contributed by atoms with Gasteiger partial charge >= 0.3 is 0 Å². The van der Waals surface area contributed by atoms with E-state index in [0.29, 0.717) is 0 Å². The van der Waals surface area contributed by atoms with Crippen molar-refractivity contribution in [1.29, 1.82) is 0 Å². The van der Waals surface area contributed by atoms with Crippen molar-refractivity contribution < 1.29 is 0 Å². The number of hydrogen-bond acceptors (Lipinski definition) is 1. The summed E-state index contributed by atoms with van der Waals surface area (Å²) in [4.78, 5) is 0. The third kappa shape index (κ3) is 2.92. The summed E-state index contributed by atoms with van der Waals surface area (Å²) in [6, 6.07) is 0. The Kier molecular flexibility index (Phi) is 4.62. The van der Waals surface area contributed by atoms with Crippen LogP contribution in [0, 0.1) is 0 Å². The van der Waals surface area contributed by atoms with Gasteiger partial charge in [-0.25, -0.2) is 0 Å². The summed E-state index contributed by atoms with van der Waals surface area (Å²) in [7, 11) is 0. The van der Waals surface area contributed by atoms with E-state index in [9.17, 15) is 0 Å². The molecule has 2 heteroatoms. The first-order valence-corrected chi connectivity index (χ1v) is 2.05. The van der Waals surface area contributed by atoms with Crippen molar-refractivity contribution in [3.05, 3.63) is 24.4 Å². The van der Waals surface area contributed by atoms with Crippen LogP contribution in [0.4, 0.5) is 0 Å². The number of dihydropyridines is 1. The van der Waals surface area contributed by atoms with Crippen molar-refractivity contribution in [2.75, 3.05) is 6.54 Å². The van der Waals surface area contributed by atoms with Crippen LogP contribution in [-0.4, -0.2) is 36.1 Å². The second kappa shape index (κ2) is 4.44. The molecule has 1 rings (SSSR count). The van der Waals surface area contributed by atoms with Gasteiger partial charge in [-0.05, 0) is 12.3 Å². The van der Waals surface area contributed by atoms with E-state index < -0.39 is 0 Å². The van der Waals surface area contributed by atoms with E-state index >= 15 is 0 Å². The standard InChI is InChI=1S/C5H7N.Na/c1-2-4-6-5-3-1;/h1-4,6H,5H2;. The van der Waals surface area contributed by atoms with Gasteiger partial charge in [0.1, 0.15) is 0 Å². The van der Waals surface area contributed by atoms with Gasteiger partial charge in [0.25, 0.3) is 0 Å². The van der Waals surface area contributed by atoms with E-state index in [1.165, 1.54) is 0 Å². The van der Waals surface area contributed by atoms with E-state index in [1.54, 1.807) is 0 Å². The summed E-state index contributed by atoms with van der Waals surface area (Å²) in [5, 5.41) is 3.02. The summed E-state index contributed by atoms with van der Waals surface area (Å²) < 4.78 is 0. The van der Waals surface area contributed by atoms with Crippen LogP contribution in [0.3, 0.4) is 0 Å². The third-order valence-electron chi connectivity index (χ3n) is 0.697. The molecule has 0 aromatic carbocycles. The van der Waals surface area contributed by atoms with E-state index in [-0.39, 0.29) is 29.6 Å². The summed E-state index contributed by atoms with van der Waals surface area (Å²) in [5.74, 6) is 0. The minimum absolute atomic E-state index is 0. The Bertz CT molecular complexity index is 74.1. The molecule has 1 radical (unpaired) electrons. The quantitative estimate of drug-likeness (QED) is 0.435. The molecule has 33 valence electrons. The molecule has 0 aliphatic carbocycles. The Morgan fingerprint density at radius 2 is 2.14 bits per heavy atom. The summed E-state index contributed by atoms with van der Waals surface area (Å²) in [6.07, 6.45) is 8.00. The zero-order valence-electron chi connectivity index (χ0n) is 4.52. The van der Waals surface area contributed by atoms with Crippen LogP contribution < -0.4 is 5.32 Å². The fourth-order valence-electron chi connectivity index (χ4n) is 0.406. The predicted molar refractivity (Wildman–Crippen MR) is 32.0 cm³/mol. The van der Waals surface area contributed by atoms with Crippen LogP contribution in [-0.2, 0) is 0 Å². The third-order valence-corrected chi connectivity index (χ3v) is 0.697. The zero-order valence-corrected chi connectivity index (χ0v) is 6.52. The van der Waals surface area contributed by atoms with Crippen LogP contribution in [0.2, 0.25) is 0 Å². The number of hydrogen-bond donors (Lipinski definition) is 1. The van der Waals surface area contributed by atoms with Crippen molar-refractivity contribution in [3.8, 4) is 0 Å². The first-order chi connectivity index (χ1) is 3.00. The first-order valence-electron chi connectivity index (χ1n) is 2.05. The number of nitrogens with one attached hydrogen (secondary N) is 1. The average molecular weight is 104 g/mol. The molecule has 0 amide bonds. The van der Waals surface area contributed by atoms with Gasteiger partial charge in [0.15, 0.2) is 0 Å². The fraction of sp³-hybridized carbons (Fsp3) is 0.200. The normalized spacial score (nSPS) is 14.9. The summed E-state index contributed by atoms with van der Waals surface area (Å²) in [5.41, 5.74) is 0. The molecule has 0 saturated heterocycles. The van der Waals surface area contributed by atoms with Gasteiger partial charge in [-0.3, -0.25) is 0 Å².